The molecule has 0 radical (unpaired) electrons. The molecule has 1 rings (SSSR count). The molecule has 1 saturated carbocycles. The molecule has 1 unspecified atom stereocenters. The van der Waals surface area contributed by atoms with Gasteiger partial charge in [-0.25, -0.2) is 0 Å². The number of carbonyl (C=O) groups excluding carboxylic acids is 1. The van der Waals surface area contributed by atoms with E-state index in [2.05, 4.69) is 31.6 Å². The predicted octanol–water partition coefficient (Wildman–Crippen LogP) is 1.25. The number of thiol groups is 1. The standard InChI is InChI=1S/C11H22N2OS/c1-9(15)10(14)13(4)8-11(12(2)3)6-5-7-11/h9,15H,5-8H2,1-4H3. The maximum absolute atomic E-state index is 11.7. The first-order valence-corrected chi connectivity index (χ1v) is 6.01. The Balaban J connectivity index is 2.56. The maximum atomic E-state index is 11.7. The van der Waals surface area contributed by atoms with Crippen LogP contribution in [0.4, 0.5) is 0 Å². The quantitative estimate of drug-likeness (QED) is 0.735. The minimum atomic E-state index is -0.200. The second kappa shape index (κ2) is 4.74. The molecule has 0 aromatic heterocycles. The first-order chi connectivity index (χ1) is 6.89. The van der Waals surface area contributed by atoms with Gasteiger partial charge in [0.2, 0.25) is 5.91 Å². The monoisotopic (exact) mass is 230 g/mol. The lowest BCUT2D eigenvalue weighted by atomic mass is 9.75. The largest absolute Gasteiger partial charge is 0.343 e. The number of rotatable bonds is 4. The normalized spacial score (nSPS) is 20.9. The highest BCUT2D eigenvalue weighted by molar-refractivity contribution is 7.81. The van der Waals surface area contributed by atoms with E-state index in [1.165, 1.54) is 19.3 Å². The van der Waals surface area contributed by atoms with E-state index in [4.69, 9.17) is 0 Å². The molecule has 1 aliphatic rings. The van der Waals surface area contributed by atoms with Crippen molar-refractivity contribution in [1.29, 1.82) is 0 Å². The van der Waals surface area contributed by atoms with Crippen LogP contribution >= 0.6 is 12.6 Å². The first kappa shape index (κ1) is 12.8. The number of carbonyl (C=O) groups is 1. The van der Waals surface area contributed by atoms with Gasteiger partial charge in [-0.2, -0.15) is 12.6 Å². The lowest BCUT2D eigenvalue weighted by Crippen LogP contribution is -2.58. The van der Waals surface area contributed by atoms with Crippen molar-refractivity contribution in [2.75, 3.05) is 27.7 Å². The van der Waals surface area contributed by atoms with Crippen molar-refractivity contribution in [3.63, 3.8) is 0 Å². The van der Waals surface area contributed by atoms with E-state index in [-0.39, 0.29) is 16.7 Å². The third kappa shape index (κ3) is 2.67. The summed E-state index contributed by atoms with van der Waals surface area (Å²) in [5, 5.41) is -0.200. The second-order valence-corrected chi connectivity index (χ2v) is 5.62. The van der Waals surface area contributed by atoms with Crippen LogP contribution < -0.4 is 0 Å². The van der Waals surface area contributed by atoms with E-state index in [1.54, 1.807) is 0 Å². The number of hydrogen-bond donors (Lipinski definition) is 1. The van der Waals surface area contributed by atoms with Crippen molar-refractivity contribution in [1.82, 2.24) is 9.80 Å². The molecule has 1 fully saturated rings. The third-order valence-electron chi connectivity index (χ3n) is 3.50. The minimum absolute atomic E-state index is 0.117. The van der Waals surface area contributed by atoms with Gasteiger partial charge in [0.05, 0.1) is 5.25 Å². The molecule has 0 N–H and O–H groups in total. The van der Waals surface area contributed by atoms with E-state index >= 15 is 0 Å². The summed E-state index contributed by atoms with van der Waals surface area (Å²) in [4.78, 5) is 15.8. The topological polar surface area (TPSA) is 23.6 Å². The lowest BCUT2D eigenvalue weighted by molar-refractivity contribution is -0.131. The van der Waals surface area contributed by atoms with Gasteiger partial charge in [-0.05, 0) is 40.3 Å². The molecule has 0 bridgehead atoms. The first-order valence-electron chi connectivity index (χ1n) is 5.49. The summed E-state index contributed by atoms with van der Waals surface area (Å²) in [6, 6.07) is 0. The molecular formula is C11H22N2OS. The molecule has 0 aromatic carbocycles. The fourth-order valence-corrected chi connectivity index (χ4v) is 2.37. The van der Waals surface area contributed by atoms with Gasteiger partial charge < -0.3 is 9.80 Å². The van der Waals surface area contributed by atoms with Crippen molar-refractivity contribution in [3.8, 4) is 0 Å². The van der Waals surface area contributed by atoms with Crippen LogP contribution in [0.15, 0.2) is 0 Å². The highest BCUT2D eigenvalue weighted by atomic mass is 32.1. The Kier molecular flexibility index (Phi) is 4.06. The molecule has 1 aliphatic carbocycles. The zero-order chi connectivity index (χ0) is 11.6. The maximum Gasteiger partial charge on any atom is 0.234 e. The zero-order valence-electron chi connectivity index (χ0n) is 10.2. The van der Waals surface area contributed by atoms with Crippen LogP contribution in [0.2, 0.25) is 0 Å². The van der Waals surface area contributed by atoms with Crippen molar-refractivity contribution in [2.24, 2.45) is 0 Å². The summed E-state index contributed by atoms with van der Waals surface area (Å²) in [6.07, 6.45) is 3.66. The summed E-state index contributed by atoms with van der Waals surface area (Å²) >= 11 is 4.18. The zero-order valence-corrected chi connectivity index (χ0v) is 11.1. The summed E-state index contributed by atoms with van der Waals surface area (Å²) in [5.74, 6) is 0.117. The van der Waals surface area contributed by atoms with Gasteiger partial charge in [0.25, 0.3) is 0 Å². The van der Waals surface area contributed by atoms with Crippen molar-refractivity contribution < 1.29 is 4.79 Å². The molecule has 1 amide bonds. The highest BCUT2D eigenvalue weighted by Gasteiger charge is 2.40. The average molecular weight is 230 g/mol. The van der Waals surface area contributed by atoms with E-state index in [0.717, 1.165) is 6.54 Å². The molecule has 0 aromatic rings. The number of amides is 1. The molecule has 0 aliphatic heterocycles. The van der Waals surface area contributed by atoms with E-state index in [9.17, 15) is 4.79 Å². The Bertz CT molecular complexity index is 237. The summed E-state index contributed by atoms with van der Waals surface area (Å²) in [5.41, 5.74) is 0.215. The molecule has 1 atom stereocenters. The lowest BCUT2D eigenvalue weighted by Gasteiger charge is -2.49. The Morgan fingerprint density at radius 2 is 1.93 bits per heavy atom. The Hall–Kier alpha value is -0.220. The summed E-state index contributed by atoms with van der Waals surface area (Å²) in [7, 11) is 6.07. The van der Waals surface area contributed by atoms with E-state index in [0.29, 0.717) is 0 Å². The smallest absolute Gasteiger partial charge is 0.234 e. The predicted molar refractivity (Wildman–Crippen MR) is 66.4 cm³/mol. The van der Waals surface area contributed by atoms with Crippen LogP contribution in [0.1, 0.15) is 26.2 Å². The van der Waals surface area contributed by atoms with Gasteiger partial charge in [0.15, 0.2) is 0 Å². The van der Waals surface area contributed by atoms with E-state index in [1.807, 2.05) is 18.9 Å². The van der Waals surface area contributed by atoms with Crippen LogP contribution in [0, 0.1) is 0 Å². The van der Waals surface area contributed by atoms with Gasteiger partial charge >= 0.3 is 0 Å². The van der Waals surface area contributed by atoms with Crippen LogP contribution in [0.25, 0.3) is 0 Å². The van der Waals surface area contributed by atoms with Crippen molar-refractivity contribution in [2.45, 2.75) is 37.0 Å². The fourth-order valence-electron chi connectivity index (χ4n) is 2.17. The molecular weight excluding hydrogens is 208 g/mol. The van der Waals surface area contributed by atoms with E-state index < -0.39 is 0 Å². The molecule has 88 valence electrons. The molecule has 3 nitrogen and oxygen atoms in total. The number of hydrogen-bond acceptors (Lipinski definition) is 3. The van der Waals surface area contributed by atoms with Crippen LogP contribution in [-0.2, 0) is 4.79 Å². The Labute approximate surface area is 98.2 Å². The SMILES string of the molecule is CC(S)C(=O)N(C)CC1(N(C)C)CCC1. The molecule has 0 spiro atoms. The van der Waals surface area contributed by atoms with Crippen LogP contribution in [0.5, 0.6) is 0 Å². The van der Waals surface area contributed by atoms with Crippen molar-refractivity contribution in [3.05, 3.63) is 0 Å². The van der Waals surface area contributed by atoms with Gasteiger partial charge in [-0.15, -0.1) is 0 Å². The molecule has 4 heteroatoms. The average Bonchev–Trinajstić information content (AvgIpc) is 2.08. The summed E-state index contributed by atoms with van der Waals surface area (Å²) in [6.45, 7) is 2.65. The Morgan fingerprint density at radius 3 is 2.20 bits per heavy atom. The number of likely N-dealkylation sites (N-methyl/N-ethyl adjacent to an activating group) is 2. The van der Waals surface area contributed by atoms with Crippen molar-refractivity contribution >= 4 is 18.5 Å². The van der Waals surface area contributed by atoms with Gasteiger partial charge in [-0.3, -0.25) is 4.79 Å². The van der Waals surface area contributed by atoms with Gasteiger partial charge in [0, 0.05) is 19.1 Å². The van der Waals surface area contributed by atoms with Gasteiger partial charge in [0.1, 0.15) is 0 Å². The van der Waals surface area contributed by atoms with Crippen LogP contribution in [-0.4, -0.2) is 54.2 Å². The Morgan fingerprint density at radius 1 is 1.40 bits per heavy atom. The third-order valence-corrected chi connectivity index (χ3v) is 3.72. The minimum Gasteiger partial charge on any atom is -0.343 e. The molecule has 0 heterocycles. The molecule has 0 saturated heterocycles. The number of nitrogens with zero attached hydrogens (tertiary/aromatic N) is 2. The van der Waals surface area contributed by atoms with Crippen LogP contribution in [0.3, 0.4) is 0 Å². The molecule has 15 heavy (non-hydrogen) atoms. The summed E-state index contributed by atoms with van der Waals surface area (Å²) < 4.78 is 0. The van der Waals surface area contributed by atoms with Gasteiger partial charge in [-0.1, -0.05) is 0 Å². The fraction of sp³-hybridized carbons (Fsp3) is 0.909. The highest BCUT2D eigenvalue weighted by Crippen LogP contribution is 2.36. The second-order valence-electron chi connectivity index (χ2n) is 4.84.